The van der Waals surface area contributed by atoms with E-state index >= 15 is 0 Å². The van der Waals surface area contributed by atoms with Crippen LogP contribution in [-0.2, 0) is 11.3 Å². The molecule has 0 saturated carbocycles. The van der Waals surface area contributed by atoms with E-state index in [1.165, 1.54) is 0 Å². The number of aromatic amines is 1. The van der Waals surface area contributed by atoms with Crippen LogP contribution >= 0.6 is 12.2 Å². The van der Waals surface area contributed by atoms with E-state index in [9.17, 15) is 9.59 Å². The summed E-state index contributed by atoms with van der Waals surface area (Å²) < 4.78 is 0.454. The molecule has 0 radical (unpaired) electrons. The van der Waals surface area contributed by atoms with E-state index < -0.39 is 0 Å². The van der Waals surface area contributed by atoms with Crippen LogP contribution in [0.3, 0.4) is 0 Å². The summed E-state index contributed by atoms with van der Waals surface area (Å²) >= 11 is 5.18. The van der Waals surface area contributed by atoms with E-state index in [0.29, 0.717) is 42.7 Å². The maximum Gasteiger partial charge on any atom is 0.256 e. The van der Waals surface area contributed by atoms with Gasteiger partial charge in [-0.05, 0) is 30.5 Å². The molecule has 2 amide bonds. The van der Waals surface area contributed by atoms with Gasteiger partial charge in [0, 0.05) is 31.7 Å². The number of benzene rings is 1. The van der Waals surface area contributed by atoms with Gasteiger partial charge in [0.1, 0.15) is 4.64 Å². The third kappa shape index (κ3) is 4.33. The quantitative estimate of drug-likeness (QED) is 0.829. The Kier molecular flexibility index (Phi) is 5.60. The van der Waals surface area contributed by atoms with Crippen molar-refractivity contribution in [1.82, 2.24) is 15.2 Å². The molecule has 1 aliphatic heterocycles. The molecule has 1 aliphatic rings. The minimum atomic E-state index is -0.0648. The van der Waals surface area contributed by atoms with Crippen LogP contribution in [0, 0.1) is 10.6 Å². The van der Waals surface area contributed by atoms with Crippen molar-refractivity contribution in [2.45, 2.75) is 19.4 Å². The van der Waals surface area contributed by atoms with Crippen molar-refractivity contribution in [1.29, 1.82) is 0 Å². The Bertz CT molecular complexity index is 796. The molecule has 6 heteroatoms. The maximum absolute atomic E-state index is 12.5. The van der Waals surface area contributed by atoms with Crippen LogP contribution in [0.25, 0.3) is 0 Å². The predicted octanol–water partition coefficient (Wildman–Crippen LogP) is 2.91. The number of hydrogen-bond acceptors (Lipinski definition) is 3. The molecule has 5 nitrogen and oxygen atoms in total. The van der Waals surface area contributed by atoms with Gasteiger partial charge in [0.05, 0.1) is 5.56 Å². The second kappa shape index (κ2) is 8.07. The van der Waals surface area contributed by atoms with Crippen LogP contribution in [0.1, 0.15) is 28.8 Å². The van der Waals surface area contributed by atoms with E-state index in [-0.39, 0.29) is 17.7 Å². The average molecular weight is 355 g/mol. The Morgan fingerprint density at radius 2 is 1.84 bits per heavy atom. The Morgan fingerprint density at radius 1 is 1.12 bits per heavy atom. The van der Waals surface area contributed by atoms with Crippen LogP contribution in [0.4, 0.5) is 0 Å². The highest BCUT2D eigenvalue weighted by Gasteiger charge is 2.28. The Balaban J connectivity index is 1.51. The third-order valence-corrected chi connectivity index (χ3v) is 4.85. The number of likely N-dealkylation sites (tertiary alicyclic amines) is 1. The number of amides is 2. The van der Waals surface area contributed by atoms with Gasteiger partial charge in [0.15, 0.2) is 0 Å². The fraction of sp³-hybridized carbons (Fsp3) is 0.316. The molecule has 1 aromatic heterocycles. The number of pyridine rings is 1. The molecule has 2 N–H and O–H groups in total. The van der Waals surface area contributed by atoms with E-state index in [2.05, 4.69) is 10.3 Å². The molecule has 2 heterocycles. The summed E-state index contributed by atoms with van der Waals surface area (Å²) in [5.41, 5.74) is 1.60. The topological polar surface area (TPSA) is 65.2 Å². The van der Waals surface area contributed by atoms with Gasteiger partial charge in [-0.25, -0.2) is 0 Å². The summed E-state index contributed by atoms with van der Waals surface area (Å²) in [4.78, 5) is 29.5. The van der Waals surface area contributed by atoms with Gasteiger partial charge in [0.2, 0.25) is 5.91 Å². The highest BCUT2D eigenvalue weighted by atomic mass is 32.1. The summed E-state index contributed by atoms with van der Waals surface area (Å²) in [7, 11) is 0. The van der Waals surface area contributed by atoms with Gasteiger partial charge in [-0.2, -0.15) is 0 Å². The largest absolute Gasteiger partial charge is 0.352 e. The lowest BCUT2D eigenvalue weighted by atomic mass is 9.95. The van der Waals surface area contributed by atoms with Gasteiger partial charge in [0.25, 0.3) is 5.91 Å². The second-order valence-electron chi connectivity index (χ2n) is 6.18. The molecule has 0 bridgehead atoms. The average Bonchev–Trinajstić information content (AvgIpc) is 2.67. The molecule has 1 fully saturated rings. The SMILES string of the molecule is O=C(NCc1ccccc1)C1CCN(C(=O)c2ccc[nH]c2=S)CC1. The first kappa shape index (κ1) is 17.4. The molecule has 1 saturated heterocycles. The number of aromatic nitrogens is 1. The number of piperidine rings is 1. The van der Waals surface area contributed by atoms with Crippen molar-refractivity contribution in [2.75, 3.05) is 13.1 Å². The highest BCUT2D eigenvalue weighted by Crippen LogP contribution is 2.19. The number of hydrogen-bond donors (Lipinski definition) is 2. The first-order valence-corrected chi connectivity index (χ1v) is 8.84. The Hall–Kier alpha value is -2.47. The van der Waals surface area contributed by atoms with E-state index in [4.69, 9.17) is 12.2 Å². The predicted molar refractivity (Wildman–Crippen MR) is 98.5 cm³/mol. The van der Waals surface area contributed by atoms with Crippen molar-refractivity contribution in [2.24, 2.45) is 5.92 Å². The van der Waals surface area contributed by atoms with Gasteiger partial charge in [-0.15, -0.1) is 0 Å². The number of carbonyl (C=O) groups is 2. The van der Waals surface area contributed by atoms with Gasteiger partial charge in [-0.1, -0.05) is 42.5 Å². The molecular weight excluding hydrogens is 334 g/mol. The van der Waals surface area contributed by atoms with E-state index in [1.807, 2.05) is 30.3 Å². The first-order chi connectivity index (χ1) is 12.1. The molecule has 130 valence electrons. The summed E-state index contributed by atoms with van der Waals surface area (Å²) in [6.07, 6.45) is 3.06. The summed E-state index contributed by atoms with van der Waals surface area (Å²) in [5, 5.41) is 2.99. The highest BCUT2D eigenvalue weighted by molar-refractivity contribution is 7.71. The summed E-state index contributed by atoms with van der Waals surface area (Å²) in [5.74, 6) is -0.0454. The fourth-order valence-electron chi connectivity index (χ4n) is 3.03. The van der Waals surface area contributed by atoms with Crippen LogP contribution in [0.5, 0.6) is 0 Å². The second-order valence-corrected chi connectivity index (χ2v) is 6.59. The Morgan fingerprint density at radius 3 is 2.52 bits per heavy atom. The lowest BCUT2D eigenvalue weighted by Crippen LogP contribution is -2.43. The lowest BCUT2D eigenvalue weighted by molar-refractivity contribution is -0.126. The summed E-state index contributed by atoms with van der Waals surface area (Å²) in [6.45, 7) is 1.69. The fourth-order valence-corrected chi connectivity index (χ4v) is 3.26. The molecule has 0 unspecified atom stereocenters. The van der Waals surface area contributed by atoms with Crippen molar-refractivity contribution in [3.05, 3.63) is 64.4 Å². The standard InChI is InChI=1S/C19H21N3O2S/c23-17(21-13-14-5-2-1-3-6-14)15-8-11-22(12-9-15)19(24)16-7-4-10-20-18(16)25/h1-7,10,15H,8-9,11-13H2,(H,20,25)(H,21,23). The smallest absolute Gasteiger partial charge is 0.256 e. The Labute approximate surface area is 152 Å². The normalized spacial score (nSPS) is 15.0. The minimum absolute atomic E-state index is 0.0435. The van der Waals surface area contributed by atoms with Gasteiger partial charge in [-0.3, -0.25) is 9.59 Å². The minimum Gasteiger partial charge on any atom is -0.352 e. The van der Waals surface area contributed by atoms with Crippen LogP contribution in [0.2, 0.25) is 0 Å². The number of carbonyl (C=O) groups excluding carboxylic acids is 2. The van der Waals surface area contributed by atoms with Crippen molar-refractivity contribution in [3.63, 3.8) is 0 Å². The maximum atomic E-state index is 12.5. The zero-order chi connectivity index (χ0) is 17.6. The van der Waals surface area contributed by atoms with Gasteiger partial charge < -0.3 is 15.2 Å². The molecule has 0 aliphatic carbocycles. The number of nitrogens with one attached hydrogen (secondary N) is 2. The number of nitrogens with zero attached hydrogens (tertiary/aromatic N) is 1. The monoisotopic (exact) mass is 355 g/mol. The third-order valence-electron chi connectivity index (χ3n) is 4.51. The molecular formula is C19H21N3O2S. The molecule has 1 aromatic carbocycles. The zero-order valence-corrected chi connectivity index (χ0v) is 14.7. The van der Waals surface area contributed by atoms with Crippen molar-refractivity contribution >= 4 is 24.0 Å². The van der Waals surface area contributed by atoms with Crippen LogP contribution < -0.4 is 5.32 Å². The number of H-pyrrole nitrogens is 1. The van der Waals surface area contributed by atoms with Crippen molar-refractivity contribution < 1.29 is 9.59 Å². The summed E-state index contributed by atoms with van der Waals surface area (Å²) in [6, 6.07) is 13.4. The van der Waals surface area contributed by atoms with E-state index in [1.54, 1.807) is 23.2 Å². The molecule has 0 atom stereocenters. The lowest BCUT2D eigenvalue weighted by Gasteiger charge is -2.31. The van der Waals surface area contributed by atoms with Crippen molar-refractivity contribution in [3.8, 4) is 0 Å². The molecule has 3 rings (SSSR count). The van der Waals surface area contributed by atoms with Gasteiger partial charge >= 0.3 is 0 Å². The first-order valence-electron chi connectivity index (χ1n) is 8.44. The molecule has 25 heavy (non-hydrogen) atoms. The van der Waals surface area contributed by atoms with E-state index in [0.717, 1.165) is 5.56 Å². The zero-order valence-electron chi connectivity index (χ0n) is 13.9. The van der Waals surface area contributed by atoms with Crippen LogP contribution in [0.15, 0.2) is 48.7 Å². The molecule has 0 spiro atoms. The number of rotatable bonds is 4. The van der Waals surface area contributed by atoms with Crippen LogP contribution in [-0.4, -0.2) is 34.8 Å². The molecule has 2 aromatic rings.